The fourth-order valence-electron chi connectivity index (χ4n) is 3.12. The largest absolute Gasteiger partial charge is 0.416 e. The fourth-order valence-corrected chi connectivity index (χ4v) is 3.12. The molecule has 1 unspecified atom stereocenters. The van der Waals surface area contributed by atoms with Crippen LogP contribution in [0.3, 0.4) is 0 Å². The lowest BCUT2D eigenvalue weighted by molar-refractivity contribution is -0.137. The molecule has 1 aromatic rings. The van der Waals surface area contributed by atoms with Gasteiger partial charge in [0.05, 0.1) is 11.7 Å². The molecule has 1 N–H and O–H groups in total. The van der Waals surface area contributed by atoms with Crippen molar-refractivity contribution < 1.29 is 18.3 Å². The van der Waals surface area contributed by atoms with Crippen LogP contribution in [0.25, 0.3) is 6.08 Å². The van der Waals surface area contributed by atoms with Crippen LogP contribution in [-0.2, 0) is 6.18 Å². The van der Waals surface area contributed by atoms with Crippen molar-refractivity contribution in [2.24, 2.45) is 5.92 Å². The van der Waals surface area contributed by atoms with Crippen LogP contribution in [0.5, 0.6) is 0 Å². The predicted molar refractivity (Wildman–Crippen MR) is 69.7 cm³/mol. The second-order valence-electron chi connectivity index (χ2n) is 5.42. The summed E-state index contributed by atoms with van der Waals surface area (Å²) in [6.07, 6.45) is -1.68. The summed E-state index contributed by atoms with van der Waals surface area (Å²) < 4.78 is 38.9. The van der Waals surface area contributed by atoms with Crippen molar-refractivity contribution in [3.63, 3.8) is 0 Å². The van der Waals surface area contributed by atoms with Crippen LogP contribution in [0, 0.1) is 5.92 Å². The van der Waals surface area contributed by atoms with Crippen molar-refractivity contribution in [2.45, 2.75) is 25.1 Å². The number of aliphatic hydroxyl groups is 1. The minimum atomic E-state index is -4.37. The number of nitrogens with zero attached hydrogens (tertiary/aromatic N) is 1. The van der Waals surface area contributed by atoms with Crippen molar-refractivity contribution in [2.75, 3.05) is 13.1 Å². The van der Waals surface area contributed by atoms with E-state index in [0.29, 0.717) is 5.70 Å². The van der Waals surface area contributed by atoms with E-state index in [2.05, 4.69) is 0 Å². The molecule has 3 aliphatic heterocycles. The zero-order chi connectivity index (χ0) is 14.3. The van der Waals surface area contributed by atoms with E-state index in [4.69, 9.17) is 0 Å². The quantitative estimate of drug-likeness (QED) is 0.856. The monoisotopic (exact) mass is 283 g/mol. The van der Waals surface area contributed by atoms with E-state index < -0.39 is 17.8 Å². The van der Waals surface area contributed by atoms with E-state index in [-0.39, 0.29) is 11.5 Å². The van der Waals surface area contributed by atoms with Crippen molar-refractivity contribution in [1.82, 2.24) is 4.90 Å². The lowest BCUT2D eigenvalue weighted by Crippen LogP contribution is -2.48. The molecule has 1 atom stereocenters. The van der Waals surface area contributed by atoms with Crippen LogP contribution in [0.4, 0.5) is 13.2 Å². The molecule has 20 heavy (non-hydrogen) atoms. The van der Waals surface area contributed by atoms with Crippen LogP contribution in [0.2, 0.25) is 0 Å². The molecule has 0 spiro atoms. The van der Waals surface area contributed by atoms with Gasteiger partial charge in [0.2, 0.25) is 0 Å². The smallest absolute Gasteiger partial charge is 0.387 e. The summed E-state index contributed by atoms with van der Waals surface area (Å²) in [6, 6.07) is 5.50. The maximum Gasteiger partial charge on any atom is 0.416 e. The number of benzene rings is 1. The number of hydrogen-bond acceptors (Lipinski definition) is 2. The van der Waals surface area contributed by atoms with Crippen LogP contribution in [0.15, 0.2) is 30.0 Å². The number of aliphatic hydroxyl groups excluding tert-OH is 1. The highest BCUT2D eigenvalue weighted by Gasteiger charge is 2.38. The Labute approximate surface area is 115 Å². The predicted octanol–water partition coefficient (Wildman–Crippen LogP) is 3.13. The highest BCUT2D eigenvalue weighted by atomic mass is 19.4. The molecule has 0 aliphatic carbocycles. The average molecular weight is 283 g/mol. The van der Waals surface area contributed by atoms with Crippen LogP contribution in [0.1, 0.15) is 24.0 Å². The average Bonchev–Trinajstić information content (AvgIpc) is 2.43. The van der Waals surface area contributed by atoms with Crippen molar-refractivity contribution >= 4 is 6.08 Å². The van der Waals surface area contributed by atoms with Crippen LogP contribution >= 0.6 is 0 Å². The van der Waals surface area contributed by atoms with Gasteiger partial charge >= 0.3 is 6.18 Å². The molecule has 3 aliphatic rings. The molecule has 0 radical (unpaired) electrons. The zero-order valence-corrected chi connectivity index (χ0v) is 10.9. The lowest BCUT2D eigenvalue weighted by Gasteiger charge is -2.46. The van der Waals surface area contributed by atoms with E-state index in [9.17, 15) is 18.3 Å². The van der Waals surface area contributed by atoms with Crippen LogP contribution in [-0.4, -0.2) is 29.2 Å². The van der Waals surface area contributed by atoms with E-state index in [1.54, 1.807) is 6.07 Å². The number of hydrogen-bond donors (Lipinski definition) is 1. The van der Waals surface area contributed by atoms with Gasteiger partial charge in [-0.05, 0) is 36.5 Å². The van der Waals surface area contributed by atoms with E-state index in [0.717, 1.165) is 32.0 Å². The first-order chi connectivity index (χ1) is 9.47. The van der Waals surface area contributed by atoms with Crippen LogP contribution < -0.4 is 0 Å². The van der Waals surface area contributed by atoms with Gasteiger partial charge in [0.15, 0.2) is 0 Å². The summed E-state index contributed by atoms with van der Waals surface area (Å²) in [5.41, 5.74) is 0.105. The Hall–Kier alpha value is -1.49. The fraction of sp³-hybridized carbons (Fsp3) is 0.467. The Balaban J connectivity index is 2.00. The van der Waals surface area contributed by atoms with Gasteiger partial charge in [0, 0.05) is 18.8 Å². The Bertz CT molecular complexity index is 526. The Morgan fingerprint density at radius 2 is 1.80 bits per heavy atom. The molecule has 5 heteroatoms. The molecule has 108 valence electrons. The van der Waals surface area contributed by atoms with Crippen molar-refractivity contribution in [3.8, 4) is 0 Å². The maximum absolute atomic E-state index is 13.0. The van der Waals surface area contributed by atoms with Gasteiger partial charge in [-0.1, -0.05) is 18.2 Å². The molecule has 3 fully saturated rings. The van der Waals surface area contributed by atoms with Gasteiger partial charge in [-0.3, -0.25) is 0 Å². The van der Waals surface area contributed by atoms with E-state index in [1.165, 1.54) is 18.2 Å². The van der Waals surface area contributed by atoms with E-state index >= 15 is 0 Å². The summed E-state index contributed by atoms with van der Waals surface area (Å²) in [7, 11) is 0. The molecule has 2 nitrogen and oxygen atoms in total. The first kappa shape index (κ1) is 13.5. The molecule has 0 amide bonds. The van der Waals surface area contributed by atoms with Gasteiger partial charge in [-0.25, -0.2) is 0 Å². The summed E-state index contributed by atoms with van der Waals surface area (Å²) in [5.74, 6) is 0.185. The number of piperidine rings is 3. The van der Waals surface area contributed by atoms with Gasteiger partial charge in [-0.2, -0.15) is 13.2 Å². The molecular weight excluding hydrogens is 267 g/mol. The molecule has 4 rings (SSSR count). The first-order valence-electron chi connectivity index (χ1n) is 6.77. The molecule has 2 bridgehead atoms. The summed E-state index contributed by atoms with van der Waals surface area (Å²) in [4.78, 5) is 2.00. The van der Waals surface area contributed by atoms with Gasteiger partial charge < -0.3 is 10.0 Å². The summed E-state index contributed by atoms with van der Waals surface area (Å²) in [6.45, 7) is 1.64. The van der Waals surface area contributed by atoms with Gasteiger partial charge in [-0.15, -0.1) is 0 Å². The summed E-state index contributed by atoms with van der Waals surface area (Å²) >= 11 is 0. The molecule has 0 saturated carbocycles. The zero-order valence-electron chi connectivity index (χ0n) is 10.9. The highest BCUT2D eigenvalue weighted by Crippen LogP contribution is 2.38. The minimum absolute atomic E-state index is 0.126. The minimum Gasteiger partial charge on any atom is -0.387 e. The third-order valence-corrected chi connectivity index (χ3v) is 4.22. The third kappa shape index (κ3) is 2.30. The van der Waals surface area contributed by atoms with Gasteiger partial charge in [0.25, 0.3) is 0 Å². The topological polar surface area (TPSA) is 23.5 Å². The second-order valence-corrected chi connectivity index (χ2v) is 5.42. The standard InChI is InChI=1S/C15H16F3NO/c16-15(17,18)12-4-2-1-3-11(12)9-13-14(20)10-5-7-19(13)8-6-10/h1-4,9-10,14,20H,5-8H2/b13-9-. The Kier molecular flexibility index (Phi) is 3.24. The number of fused-ring (bicyclic) bond motifs is 3. The van der Waals surface area contributed by atoms with E-state index in [1.807, 2.05) is 4.90 Å². The molecule has 1 aromatic carbocycles. The van der Waals surface area contributed by atoms with Gasteiger partial charge in [0.1, 0.15) is 0 Å². The molecule has 3 heterocycles. The Morgan fingerprint density at radius 1 is 1.15 bits per heavy atom. The summed E-state index contributed by atoms with van der Waals surface area (Å²) in [5, 5.41) is 10.2. The lowest BCUT2D eigenvalue weighted by atomic mass is 9.83. The molecular formula is C15H16F3NO. The van der Waals surface area contributed by atoms with Crippen molar-refractivity contribution in [1.29, 1.82) is 0 Å². The van der Waals surface area contributed by atoms with Crippen molar-refractivity contribution in [3.05, 3.63) is 41.1 Å². The number of halogens is 3. The SMILES string of the molecule is OC1/C(=C/c2ccccc2C(F)(F)F)N2CCC1CC2. The third-order valence-electron chi connectivity index (χ3n) is 4.22. The maximum atomic E-state index is 13.0. The number of rotatable bonds is 1. The molecule has 3 saturated heterocycles. The first-order valence-corrected chi connectivity index (χ1v) is 6.77. The second kappa shape index (κ2) is 4.81. The highest BCUT2D eigenvalue weighted by molar-refractivity contribution is 5.58. The molecule has 0 aromatic heterocycles. The Morgan fingerprint density at radius 3 is 2.40 bits per heavy atom. The number of alkyl halides is 3. The normalized spacial score (nSPS) is 28.2.